The lowest BCUT2D eigenvalue weighted by Gasteiger charge is -2.21. The third kappa shape index (κ3) is 4.54. The summed E-state index contributed by atoms with van der Waals surface area (Å²) in [4.78, 5) is 36.3. The number of esters is 1. The second-order valence-electron chi connectivity index (χ2n) is 5.96. The minimum Gasteiger partial charge on any atom is -0.462 e. The summed E-state index contributed by atoms with van der Waals surface area (Å²) in [5.41, 5.74) is -0.274. The molecule has 0 fully saturated rings. The first kappa shape index (κ1) is 19.6. The number of benzene rings is 1. The molecule has 5 nitrogen and oxygen atoms in total. The van der Waals surface area contributed by atoms with E-state index in [1.54, 1.807) is 27.7 Å². The second-order valence-corrected chi connectivity index (χ2v) is 7.13. The third-order valence-electron chi connectivity index (χ3n) is 2.92. The molecule has 126 valence electrons. The molecule has 1 amide bonds. The number of hydrogen-bond donors (Lipinski definition) is 1. The van der Waals surface area contributed by atoms with Gasteiger partial charge < -0.3 is 10.1 Å². The van der Waals surface area contributed by atoms with Crippen LogP contribution in [0.15, 0.2) is 10.5 Å². The van der Waals surface area contributed by atoms with Gasteiger partial charge in [-0.05, 0) is 28.9 Å². The highest BCUT2D eigenvalue weighted by Crippen LogP contribution is 2.39. The summed E-state index contributed by atoms with van der Waals surface area (Å²) in [5, 5.41) is 2.69. The SMILES string of the molecule is CCOC(=O)c1cc(NC(C)=O)c(Cl)c(Br)c1C(=O)C(C)(C)C. The number of anilines is 1. The van der Waals surface area contributed by atoms with Gasteiger partial charge in [0.1, 0.15) is 0 Å². The molecule has 0 aliphatic heterocycles. The van der Waals surface area contributed by atoms with Crippen molar-refractivity contribution in [3.05, 3.63) is 26.7 Å². The largest absolute Gasteiger partial charge is 0.462 e. The van der Waals surface area contributed by atoms with Crippen LogP contribution in [-0.2, 0) is 9.53 Å². The number of rotatable bonds is 4. The molecule has 0 aliphatic carbocycles. The van der Waals surface area contributed by atoms with Crippen molar-refractivity contribution in [1.29, 1.82) is 0 Å². The maximum absolute atomic E-state index is 12.7. The molecule has 0 atom stereocenters. The molecule has 0 saturated heterocycles. The zero-order chi connectivity index (χ0) is 17.9. The molecular weight excluding hydrogens is 386 g/mol. The van der Waals surface area contributed by atoms with Crippen LogP contribution >= 0.6 is 27.5 Å². The first-order valence-corrected chi connectivity index (χ1v) is 8.19. The summed E-state index contributed by atoms with van der Waals surface area (Å²) >= 11 is 9.50. The van der Waals surface area contributed by atoms with Crippen molar-refractivity contribution < 1.29 is 19.1 Å². The van der Waals surface area contributed by atoms with Crippen LogP contribution in [0.5, 0.6) is 0 Å². The van der Waals surface area contributed by atoms with E-state index in [1.807, 2.05) is 0 Å². The molecule has 1 N–H and O–H groups in total. The molecule has 23 heavy (non-hydrogen) atoms. The Kier molecular flexibility index (Phi) is 6.36. The molecule has 0 spiro atoms. The maximum Gasteiger partial charge on any atom is 0.338 e. The molecular formula is C16H19BrClNO4. The van der Waals surface area contributed by atoms with E-state index in [-0.39, 0.29) is 44.6 Å². The summed E-state index contributed by atoms with van der Waals surface area (Å²) in [6, 6.07) is 1.37. The molecule has 1 aromatic carbocycles. The molecule has 0 bridgehead atoms. The van der Waals surface area contributed by atoms with Crippen molar-refractivity contribution in [3.63, 3.8) is 0 Å². The zero-order valence-electron chi connectivity index (χ0n) is 13.7. The molecule has 0 radical (unpaired) electrons. The number of nitrogens with one attached hydrogen (secondary N) is 1. The number of ketones is 1. The topological polar surface area (TPSA) is 72.5 Å². The summed E-state index contributed by atoms with van der Waals surface area (Å²) in [6.45, 7) is 8.38. The fraction of sp³-hybridized carbons (Fsp3) is 0.438. The molecule has 0 saturated carbocycles. The van der Waals surface area contributed by atoms with Gasteiger partial charge >= 0.3 is 5.97 Å². The van der Waals surface area contributed by atoms with Crippen molar-refractivity contribution >= 4 is 50.9 Å². The van der Waals surface area contributed by atoms with E-state index >= 15 is 0 Å². The Bertz CT molecular complexity index is 665. The highest BCUT2D eigenvalue weighted by molar-refractivity contribution is 9.10. The van der Waals surface area contributed by atoms with E-state index in [4.69, 9.17) is 16.3 Å². The Balaban J connectivity index is 3.66. The summed E-state index contributed by atoms with van der Waals surface area (Å²) in [5.74, 6) is -1.25. The summed E-state index contributed by atoms with van der Waals surface area (Å²) < 4.78 is 5.28. The van der Waals surface area contributed by atoms with E-state index in [0.717, 1.165) is 0 Å². The number of ether oxygens (including phenoxy) is 1. The van der Waals surface area contributed by atoms with Crippen LogP contribution in [0.3, 0.4) is 0 Å². The van der Waals surface area contributed by atoms with Crippen molar-refractivity contribution in [2.75, 3.05) is 11.9 Å². The summed E-state index contributed by atoms with van der Waals surface area (Å²) in [7, 11) is 0. The molecule has 0 heterocycles. The van der Waals surface area contributed by atoms with Crippen LogP contribution < -0.4 is 5.32 Å². The van der Waals surface area contributed by atoms with Gasteiger partial charge in [0.2, 0.25) is 5.91 Å². The smallest absolute Gasteiger partial charge is 0.338 e. The lowest BCUT2D eigenvalue weighted by Crippen LogP contribution is -2.24. The normalized spacial score (nSPS) is 11.1. The van der Waals surface area contributed by atoms with Gasteiger partial charge in [-0.3, -0.25) is 9.59 Å². The monoisotopic (exact) mass is 403 g/mol. The molecule has 1 rings (SSSR count). The van der Waals surface area contributed by atoms with Crippen LogP contribution in [0.25, 0.3) is 0 Å². The number of halogens is 2. The fourth-order valence-electron chi connectivity index (χ4n) is 1.87. The fourth-order valence-corrected chi connectivity index (χ4v) is 2.68. The number of hydrogen-bond acceptors (Lipinski definition) is 4. The number of carbonyl (C=O) groups is 3. The zero-order valence-corrected chi connectivity index (χ0v) is 16.0. The summed E-state index contributed by atoms with van der Waals surface area (Å²) in [6.07, 6.45) is 0. The van der Waals surface area contributed by atoms with Gasteiger partial charge in [0.15, 0.2) is 5.78 Å². The van der Waals surface area contributed by atoms with Gasteiger partial charge in [0, 0.05) is 22.4 Å². The predicted molar refractivity (Wildman–Crippen MR) is 93.2 cm³/mol. The van der Waals surface area contributed by atoms with Gasteiger partial charge in [-0.25, -0.2) is 4.79 Å². The minimum atomic E-state index is -0.720. The lowest BCUT2D eigenvalue weighted by molar-refractivity contribution is -0.114. The minimum absolute atomic E-state index is 0.0619. The second kappa shape index (κ2) is 7.45. The first-order chi connectivity index (χ1) is 10.5. The Morgan fingerprint density at radius 2 is 1.87 bits per heavy atom. The number of carbonyl (C=O) groups excluding carboxylic acids is 3. The van der Waals surface area contributed by atoms with Gasteiger partial charge in [0.05, 0.1) is 22.9 Å². The van der Waals surface area contributed by atoms with Crippen LogP contribution in [0.2, 0.25) is 5.02 Å². The molecule has 0 unspecified atom stereocenters. The van der Waals surface area contributed by atoms with Crippen molar-refractivity contribution in [3.8, 4) is 0 Å². The Labute approximate surface area is 148 Å². The quantitative estimate of drug-likeness (QED) is 0.594. The molecule has 7 heteroatoms. The van der Waals surface area contributed by atoms with Crippen LogP contribution in [0, 0.1) is 5.41 Å². The first-order valence-electron chi connectivity index (χ1n) is 7.02. The van der Waals surface area contributed by atoms with E-state index < -0.39 is 11.4 Å². The Morgan fingerprint density at radius 3 is 2.30 bits per heavy atom. The van der Waals surface area contributed by atoms with E-state index in [1.165, 1.54) is 13.0 Å². The van der Waals surface area contributed by atoms with Gasteiger partial charge in [-0.15, -0.1) is 0 Å². The highest BCUT2D eigenvalue weighted by atomic mass is 79.9. The van der Waals surface area contributed by atoms with Gasteiger partial charge in [0.25, 0.3) is 0 Å². The number of amides is 1. The average Bonchev–Trinajstić information content (AvgIpc) is 2.41. The van der Waals surface area contributed by atoms with E-state index in [2.05, 4.69) is 21.2 Å². The Hall–Kier alpha value is -1.40. The number of Topliss-reactive ketones (excluding diaryl/α,β-unsaturated/α-hetero) is 1. The van der Waals surface area contributed by atoms with E-state index in [9.17, 15) is 14.4 Å². The highest BCUT2D eigenvalue weighted by Gasteiger charge is 2.32. The van der Waals surface area contributed by atoms with Crippen LogP contribution in [0.1, 0.15) is 55.3 Å². The van der Waals surface area contributed by atoms with Crippen molar-refractivity contribution in [2.24, 2.45) is 5.41 Å². The van der Waals surface area contributed by atoms with Crippen molar-refractivity contribution in [2.45, 2.75) is 34.6 Å². The standard InChI is InChI=1S/C16H19BrClNO4/c1-6-23-15(22)9-7-10(19-8(2)20)13(18)12(17)11(9)14(21)16(3,4)5/h7H,6H2,1-5H3,(H,19,20). The van der Waals surface area contributed by atoms with E-state index in [0.29, 0.717) is 0 Å². The molecule has 0 aliphatic rings. The molecule has 0 aromatic heterocycles. The third-order valence-corrected chi connectivity index (χ3v) is 4.33. The van der Waals surface area contributed by atoms with Crippen LogP contribution in [-0.4, -0.2) is 24.3 Å². The predicted octanol–water partition coefficient (Wildman–Crippen LogP) is 4.47. The van der Waals surface area contributed by atoms with Crippen LogP contribution in [0.4, 0.5) is 5.69 Å². The maximum atomic E-state index is 12.7. The Morgan fingerprint density at radius 1 is 1.30 bits per heavy atom. The van der Waals surface area contributed by atoms with Crippen molar-refractivity contribution in [1.82, 2.24) is 0 Å². The lowest BCUT2D eigenvalue weighted by atomic mass is 9.84. The van der Waals surface area contributed by atoms with Gasteiger partial charge in [-0.1, -0.05) is 32.4 Å². The molecule has 1 aromatic rings. The average molecular weight is 405 g/mol. The van der Waals surface area contributed by atoms with Gasteiger partial charge in [-0.2, -0.15) is 0 Å².